The molecule has 2 aromatic carbocycles. The summed E-state index contributed by atoms with van der Waals surface area (Å²) in [4.78, 5) is 27.5. The van der Waals surface area contributed by atoms with E-state index in [1.54, 1.807) is 31.2 Å². The Balaban J connectivity index is 2.35. The normalized spacial score (nSPS) is 12.0. The van der Waals surface area contributed by atoms with Crippen LogP contribution in [0.15, 0.2) is 48.5 Å². The third kappa shape index (κ3) is 7.72. The van der Waals surface area contributed by atoms with Gasteiger partial charge in [0.2, 0.25) is 21.8 Å². The van der Waals surface area contributed by atoms with E-state index in [-0.39, 0.29) is 18.1 Å². The average molecular weight is 494 g/mol. The lowest BCUT2D eigenvalue weighted by atomic mass is 10.1. The molecule has 0 saturated carbocycles. The summed E-state index contributed by atoms with van der Waals surface area (Å²) in [5.41, 5.74) is 0.868. The van der Waals surface area contributed by atoms with Crippen LogP contribution in [0.1, 0.15) is 32.3 Å². The van der Waals surface area contributed by atoms with Gasteiger partial charge < -0.3 is 15.0 Å². The zero-order valence-corrected chi connectivity index (χ0v) is 20.8. The highest BCUT2D eigenvalue weighted by Crippen LogP contribution is 2.20. The third-order valence-electron chi connectivity index (χ3n) is 5.28. The fraction of sp³-hybridized carbons (Fsp3) is 0.417. The van der Waals surface area contributed by atoms with E-state index in [0.29, 0.717) is 17.9 Å². The van der Waals surface area contributed by atoms with Crippen LogP contribution >= 0.6 is 0 Å². The Morgan fingerprint density at radius 1 is 1.15 bits per heavy atom. The molecule has 2 amide bonds. The number of carbonyl (C=O) groups excluding carboxylic acids is 2. The van der Waals surface area contributed by atoms with E-state index in [0.717, 1.165) is 35.5 Å². The topological polar surface area (TPSA) is 96.0 Å². The molecule has 186 valence electrons. The summed E-state index contributed by atoms with van der Waals surface area (Å²) in [6.07, 6.45) is 2.67. The quantitative estimate of drug-likeness (QED) is 0.459. The van der Waals surface area contributed by atoms with Crippen LogP contribution in [-0.2, 0) is 26.2 Å². The number of unbranched alkanes of at least 4 members (excludes halogenated alkanes) is 1. The van der Waals surface area contributed by atoms with Crippen molar-refractivity contribution in [3.8, 4) is 5.75 Å². The van der Waals surface area contributed by atoms with Crippen molar-refractivity contribution >= 4 is 27.5 Å². The number of benzene rings is 2. The van der Waals surface area contributed by atoms with Crippen LogP contribution in [-0.4, -0.2) is 57.6 Å². The monoisotopic (exact) mass is 493 g/mol. The molecule has 0 saturated heterocycles. The molecule has 0 radical (unpaired) electrons. The number of halogens is 1. The number of nitrogens with one attached hydrogen (secondary N) is 1. The van der Waals surface area contributed by atoms with Crippen molar-refractivity contribution in [3.63, 3.8) is 0 Å². The minimum Gasteiger partial charge on any atom is -0.497 e. The Bertz CT molecular complexity index is 1080. The highest BCUT2D eigenvalue weighted by atomic mass is 32.2. The maximum absolute atomic E-state index is 13.4. The number of amides is 2. The number of nitrogens with zero attached hydrogens (tertiary/aromatic N) is 2. The van der Waals surface area contributed by atoms with Gasteiger partial charge in [0.1, 0.15) is 24.2 Å². The average Bonchev–Trinajstić information content (AvgIpc) is 2.80. The lowest BCUT2D eigenvalue weighted by Gasteiger charge is -2.31. The highest BCUT2D eigenvalue weighted by molar-refractivity contribution is 7.92. The summed E-state index contributed by atoms with van der Waals surface area (Å²) in [7, 11) is -2.34. The molecular formula is C24H32FN3O5S. The molecule has 0 unspecified atom stereocenters. The fourth-order valence-corrected chi connectivity index (χ4v) is 4.16. The number of methoxy groups -OCH3 is 1. The maximum atomic E-state index is 13.4. The Labute approximate surface area is 200 Å². The van der Waals surface area contributed by atoms with Gasteiger partial charge in [-0.25, -0.2) is 12.8 Å². The molecule has 2 rings (SSSR count). The van der Waals surface area contributed by atoms with Crippen molar-refractivity contribution < 1.29 is 27.1 Å². The predicted octanol–water partition coefficient (Wildman–Crippen LogP) is 2.93. The lowest BCUT2D eigenvalue weighted by Crippen LogP contribution is -2.51. The van der Waals surface area contributed by atoms with Gasteiger partial charge in [0, 0.05) is 13.1 Å². The van der Waals surface area contributed by atoms with E-state index in [1.807, 2.05) is 6.92 Å². The predicted molar refractivity (Wildman–Crippen MR) is 130 cm³/mol. The molecule has 10 heteroatoms. The molecule has 0 spiro atoms. The van der Waals surface area contributed by atoms with Gasteiger partial charge in [-0.1, -0.05) is 25.5 Å². The minimum absolute atomic E-state index is 0.0689. The van der Waals surface area contributed by atoms with Crippen molar-refractivity contribution in [1.82, 2.24) is 10.2 Å². The number of ether oxygens (including phenoxy) is 1. The SMILES string of the molecule is CCCCNC(=O)[C@H](C)N(Cc1cccc(OC)c1)C(=O)CN(c1ccc(F)cc1)S(C)(=O)=O. The van der Waals surface area contributed by atoms with Crippen LogP contribution in [0.3, 0.4) is 0 Å². The first-order chi connectivity index (χ1) is 16.1. The van der Waals surface area contributed by atoms with E-state index < -0.39 is 34.3 Å². The lowest BCUT2D eigenvalue weighted by molar-refractivity contribution is -0.139. The molecule has 34 heavy (non-hydrogen) atoms. The van der Waals surface area contributed by atoms with Crippen molar-refractivity contribution in [1.29, 1.82) is 0 Å². The van der Waals surface area contributed by atoms with E-state index in [1.165, 1.54) is 24.1 Å². The molecule has 1 atom stereocenters. The summed E-state index contributed by atoms with van der Waals surface area (Å²) in [6, 6.07) is 11.0. The Kier molecular flexibility index (Phi) is 9.85. The highest BCUT2D eigenvalue weighted by Gasteiger charge is 2.30. The molecule has 0 aromatic heterocycles. The van der Waals surface area contributed by atoms with Gasteiger partial charge >= 0.3 is 0 Å². The van der Waals surface area contributed by atoms with Crippen LogP contribution in [0.4, 0.5) is 10.1 Å². The van der Waals surface area contributed by atoms with Crippen molar-refractivity contribution in [2.45, 2.75) is 39.3 Å². The van der Waals surface area contributed by atoms with Gasteiger partial charge in [-0.05, 0) is 55.3 Å². The number of hydrogen-bond acceptors (Lipinski definition) is 5. The van der Waals surface area contributed by atoms with Crippen LogP contribution in [0.25, 0.3) is 0 Å². The number of sulfonamides is 1. The van der Waals surface area contributed by atoms with Crippen molar-refractivity contribution in [2.75, 3.05) is 30.8 Å². The van der Waals surface area contributed by atoms with E-state index in [2.05, 4.69) is 5.32 Å². The Morgan fingerprint density at radius 3 is 2.41 bits per heavy atom. The van der Waals surface area contributed by atoms with Crippen molar-refractivity contribution in [3.05, 3.63) is 59.9 Å². The van der Waals surface area contributed by atoms with Crippen LogP contribution < -0.4 is 14.4 Å². The van der Waals surface area contributed by atoms with Crippen molar-refractivity contribution in [2.24, 2.45) is 0 Å². The van der Waals surface area contributed by atoms with E-state index in [4.69, 9.17) is 4.74 Å². The van der Waals surface area contributed by atoms with E-state index >= 15 is 0 Å². The zero-order chi connectivity index (χ0) is 25.3. The fourth-order valence-electron chi connectivity index (χ4n) is 3.31. The molecule has 8 nitrogen and oxygen atoms in total. The number of carbonyl (C=O) groups is 2. The molecule has 0 bridgehead atoms. The van der Waals surface area contributed by atoms with E-state index in [9.17, 15) is 22.4 Å². The zero-order valence-electron chi connectivity index (χ0n) is 20.0. The molecule has 0 aliphatic heterocycles. The summed E-state index contributed by atoms with van der Waals surface area (Å²) < 4.78 is 44.4. The second kappa shape index (κ2) is 12.4. The first kappa shape index (κ1) is 27.1. The number of hydrogen-bond donors (Lipinski definition) is 1. The largest absolute Gasteiger partial charge is 0.497 e. The summed E-state index contributed by atoms with van der Waals surface area (Å²) in [5.74, 6) is -0.845. The Morgan fingerprint density at radius 2 is 1.82 bits per heavy atom. The first-order valence-corrected chi connectivity index (χ1v) is 12.8. The van der Waals surface area contributed by atoms with Gasteiger partial charge in [-0.15, -0.1) is 0 Å². The summed E-state index contributed by atoms with van der Waals surface area (Å²) in [6.45, 7) is 3.61. The van der Waals surface area contributed by atoms with Crippen LogP contribution in [0.5, 0.6) is 5.75 Å². The second-order valence-corrected chi connectivity index (χ2v) is 9.85. The molecule has 0 aliphatic rings. The van der Waals surface area contributed by atoms with Gasteiger partial charge in [0.05, 0.1) is 19.1 Å². The number of rotatable bonds is 12. The number of anilines is 1. The third-order valence-corrected chi connectivity index (χ3v) is 6.42. The molecule has 0 fully saturated rings. The van der Waals surface area contributed by atoms with Crippen LogP contribution in [0.2, 0.25) is 0 Å². The standard InChI is InChI=1S/C24H32FN3O5S/c1-5-6-14-26-24(30)18(2)27(16-19-8-7-9-22(15-19)33-3)23(29)17-28(34(4,31)32)21-12-10-20(25)11-13-21/h7-13,15,18H,5-6,14,16-17H2,1-4H3,(H,26,30)/t18-/m0/s1. The van der Waals surface area contributed by atoms with Gasteiger partial charge in [-0.2, -0.15) is 0 Å². The first-order valence-electron chi connectivity index (χ1n) is 11.0. The smallest absolute Gasteiger partial charge is 0.244 e. The minimum atomic E-state index is -3.86. The van der Waals surface area contributed by atoms with Crippen LogP contribution in [0, 0.1) is 5.82 Å². The van der Waals surface area contributed by atoms with Gasteiger partial charge in [0.25, 0.3) is 0 Å². The summed E-state index contributed by atoms with van der Waals surface area (Å²) in [5, 5.41) is 2.82. The van der Waals surface area contributed by atoms with Gasteiger partial charge in [0.15, 0.2) is 0 Å². The Hall–Kier alpha value is -3.14. The molecule has 0 aliphatic carbocycles. The molecule has 1 N–H and O–H groups in total. The molecule has 0 heterocycles. The molecular weight excluding hydrogens is 461 g/mol. The molecule has 2 aromatic rings. The van der Waals surface area contributed by atoms with Gasteiger partial charge in [-0.3, -0.25) is 13.9 Å². The second-order valence-electron chi connectivity index (χ2n) is 7.94. The maximum Gasteiger partial charge on any atom is 0.244 e. The summed E-state index contributed by atoms with van der Waals surface area (Å²) >= 11 is 0.